The minimum atomic E-state index is -3.96. The Morgan fingerprint density at radius 1 is 1.11 bits per heavy atom. The van der Waals surface area contributed by atoms with Gasteiger partial charge in [0, 0.05) is 36.1 Å². The van der Waals surface area contributed by atoms with E-state index < -0.39 is 22.0 Å². The molecule has 2 aromatic carbocycles. The van der Waals surface area contributed by atoms with Crippen LogP contribution in [0, 0.1) is 5.92 Å². The first-order valence-electron chi connectivity index (χ1n) is 12.1. The number of carbonyl (C=O) groups excluding carboxylic acids is 3. The van der Waals surface area contributed by atoms with Gasteiger partial charge in [-0.05, 0) is 48.6 Å². The highest BCUT2D eigenvalue weighted by molar-refractivity contribution is 7.90. The van der Waals surface area contributed by atoms with E-state index in [4.69, 9.17) is 23.2 Å². The second-order valence-corrected chi connectivity index (χ2v) is 12.0. The maximum atomic E-state index is 13.4. The number of carbonyl (C=O) groups is 3. The summed E-state index contributed by atoms with van der Waals surface area (Å²) in [6, 6.07) is 10.2. The number of rotatable bonds is 11. The van der Waals surface area contributed by atoms with Gasteiger partial charge in [-0.1, -0.05) is 62.2 Å². The van der Waals surface area contributed by atoms with Crippen molar-refractivity contribution in [2.45, 2.75) is 57.5 Å². The first-order chi connectivity index (χ1) is 17.5. The molecule has 0 saturated carbocycles. The van der Waals surface area contributed by atoms with Gasteiger partial charge in [0.2, 0.25) is 11.8 Å². The highest BCUT2D eigenvalue weighted by Gasteiger charge is 2.40. The molecule has 3 rings (SSSR count). The molecule has 11 heteroatoms. The molecule has 1 N–H and O–H groups in total. The third kappa shape index (κ3) is 6.64. The second-order valence-electron chi connectivity index (χ2n) is 9.30. The summed E-state index contributed by atoms with van der Waals surface area (Å²) in [5, 5.41) is 3.71. The maximum absolute atomic E-state index is 13.4. The number of sulfonamides is 1. The summed E-state index contributed by atoms with van der Waals surface area (Å²) in [6.45, 7) is 6.17. The standard InChI is InChI=1S/C26H31Cl2N3O5S/c1-4-22(25(33)29-15-17(2)3)30(16-18-11-12-19(27)14-21(18)28)24(32)10-7-13-31-26(34)20-8-5-6-9-23(20)37(31,35)36/h5-6,8-9,11-12,14,17,22H,4,7,10,13,15-16H2,1-3H3,(H,29,33). The molecular weight excluding hydrogens is 537 g/mol. The van der Waals surface area contributed by atoms with Crippen LogP contribution in [0.1, 0.15) is 56.0 Å². The van der Waals surface area contributed by atoms with E-state index in [-0.39, 0.29) is 54.1 Å². The zero-order valence-electron chi connectivity index (χ0n) is 21.0. The molecule has 37 heavy (non-hydrogen) atoms. The fraction of sp³-hybridized carbons (Fsp3) is 0.423. The van der Waals surface area contributed by atoms with Crippen molar-refractivity contribution in [3.63, 3.8) is 0 Å². The number of fused-ring (bicyclic) bond motifs is 1. The molecule has 0 saturated heterocycles. The largest absolute Gasteiger partial charge is 0.354 e. The number of halogens is 2. The van der Waals surface area contributed by atoms with Crippen molar-refractivity contribution in [3.05, 3.63) is 63.6 Å². The number of amides is 3. The summed E-state index contributed by atoms with van der Waals surface area (Å²) in [4.78, 5) is 40.5. The average molecular weight is 569 g/mol. The Hall–Kier alpha value is -2.62. The Labute approximate surface area is 228 Å². The summed E-state index contributed by atoms with van der Waals surface area (Å²) in [6.07, 6.45) is 0.413. The molecule has 0 radical (unpaired) electrons. The van der Waals surface area contributed by atoms with Crippen LogP contribution in [0.2, 0.25) is 10.0 Å². The molecule has 1 aliphatic rings. The normalized spacial score (nSPS) is 15.0. The van der Waals surface area contributed by atoms with Crippen molar-refractivity contribution in [2.75, 3.05) is 13.1 Å². The zero-order valence-corrected chi connectivity index (χ0v) is 23.4. The van der Waals surface area contributed by atoms with Crippen LogP contribution in [0.3, 0.4) is 0 Å². The predicted molar refractivity (Wildman–Crippen MR) is 143 cm³/mol. The number of benzene rings is 2. The lowest BCUT2D eigenvalue weighted by Gasteiger charge is -2.31. The number of hydrogen-bond donors (Lipinski definition) is 1. The first kappa shape index (κ1) is 28.9. The van der Waals surface area contributed by atoms with E-state index >= 15 is 0 Å². The second kappa shape index (κ2) is 12.3. The summed E-state index contributed by atoms with van der Waals surface area (Å²) in [7, 11) is -3.96. The zero-order chi connectivity index (χ0) is 27.3. The molecule has 0 spiro atoms. The molecule has 1 unspecified atom stereocenters. The minimum absolute atomic E-state index is 0.0294. The molecule has 0 aromatic heterocycles. The van der Waals surface area contributed by atoms with E-state index in [0.717, 1.165) is 4.31 Å². The van der Waals surface area contributed by atoms with Gasteiger partial charge in [-0.15, -0.1) is 0 Å². The molecule has 0 aliphatic carbocycles. The number of nitrogens with one attached hydrogen (secondary N) is 1. The first-order valence-corrected chi connectivity index (χ1v) is 14.3. The van der Waals surface area contributed by atoms with Gasteiger partial charge in [0.15, 0.2) is 0 Å². The predicted octanol–water partition coefficient (Wildman–Crippen LogP) is 4.50. The van der Waals surface area contributed by atoms with Crippen LogP contribution in [-0.2, 0) is 26.2 Å². The molecule has 8 nitrogen and oxygen atoms in total. The molecular formula is C26H31Cl2N3O5S. The highest BCUT2D eigenvalue weighted by Crippen LogP contribution is 2.30. The van der Waals surface area contributed by atoms with Gasteiger partial charge in [-0.25, -0.2) is 12.7 Å². The van der Waals surface area contributed by atoms with Gasteiger partial charge in [0.05, 0.1) is 5.56 Å². The Morgan fingerprint density at radius 3 is 2.43 bits per heavy atom. The molecule has 0 bridgehead atoms. The summed E-state index contributed by atoms with van der Waals surface area (Å²) in [5.74, 6) is -0.991. The van der Waals surface area contributed by atoms with Crippen LogP contribution < -0.4 is 5.32 Å². The summed E-state index contributed by atoms with van der Waals surface area (Å²) in [5.41, 5.74) is 0.753. The lowest BCUT2D eigenvalue weighted by Crippen LogP contribution is -2.49. The molecule has 3 amide bonds. The monoisotopic (exact) mass is 567 g/mol. The van der Waals surface area contributed by atoms with Crippen molar-refractivity contribution < 1.29 is 22.8 Å². The van der Waals surface area contributed by atoms with Crippen LogP contribution in [-0.4, -0.2) is 54.5 Å². The van der Waals surface area contributed by atoms with Gasteiger partial charge in [0.1, 0.15) is 10.9 Å². The molecule has 1 aliphatic heterocycles. The van der Waals surface area contributed by atoms with Crippen molar-refractivity contribution in [1.29, 1.82) is 0 Å². The van der Waals surface area contributed by atoms with E-state index in [2.05, 4.69) is 5.32 Å². The quantitative estimate of drug-likeness (QED) is 0.430. The van der Waals surface area contributed by atoms with Crippen LogP contribution in [0.5, 0.6) is 0 Å². The molecule has 1 heterocycles. The summed E-state index contributed by atoms with van der Waals surface area (Å²) >= 11 is 12.4. The molecule has 2 aromatic rings. The smallest absolute Gasteiger partial charge is 0.269 e. The number of nitrogens with zero attached hydrogens (tertiary/aromatic N) is 2. The van der Waals surface area contributed by atoms with E-state index in [1.807, 2.05) is 20.8 Å². The van der Waals surface area contributed by atoms with Gasteiger partial charge < -0.3 is 10.2 Å². The molecule has 200 valence electrons. The lowest BCUT2D eigenvalue weighted by molar-refractivity contribution is -0.141. The van der Waals surface area contributed by atoms with Crippen molar-refractivity contribution in [2.24, 2.45) is 5.92 Å². The van der Waals surface area contributed by atoms with Crippen LogP contribution in [0.25, 0.3) is 0 Å². The SMILES string of the molecule is CCC(C(=O)NCC(C)C)N(Cc1ccc(Cl)cc1Cl)C(=O)CCCN1C(=O)c2ccccc2S1(=O)=O. The number of hydrogen-bond acceptors (Lipinski definition) is 5. The Balaban J connectivity index is 1.77. The van der Waals surface area contributed by atoms with E-state index in [0.29, 0.717) is 28.6 Å². The Bertz CT molecular complexity index is 1280. The molecule has 1 atom stereocenters. The minimum Gasteiger partial charge on any atom is -0.354 e. The topological polar surface area (TPSA) is 104 Å². The van der Waals surface area contributed by atoms with E-state index in [9.17, 15) is 22.8 Å². The van der Waals surface area contributed by atoms with Gasteiger partial charge >= 0.3 is 0 Å². The van der Waals surface area contributed by atoms with Crippen molar-refractivity contribution >= 4 is 50.9 Å². The van der Waals surface area contributed by atoms with Gasteiger partial charge in [-0.2, -0.15) is 0 Å². The van der Waals surface area contributed by atoms with Gasteiger partial charge in [0.25, 0.3) is 15.9 Å². The fourth-order valence-electron chi connectivity index (χ4n) is 4.15. The van der Waals surface area contributed by atoms with Gasteiger partial charge in [-0.3, -0.25) is 14.4 Å². The van der Waals surface area contributed by atoms with E-state index in [1.54, 1.807) is 30.3 Å². The maximum Gasteiger partial charge on any atom is 0.269 e. The third-order valence-electron chi connectivity index (χ3n) is 6.09. The Morgan fingerprint density at radius 2 is 1.81 bits per heavy atom. The summed E-state index contributed by atoms with van der Waals surface area (Å²) < 4.78 is 26.4. The fourth-order valence-corrected chi connectivity index (χ4v) is 6.22. The highest BCUT2D eigenvalue weighted by atomic mass is 35.5. The average Bonchev–Trinajstić information content (AvgIpc) is 3.04. The molecule has 0 fully saturated rings. The van der Waals surface area contributed by atoms with Crippen LogP contribution >= 0.6 is 23.2 Å². The van der Waals surface area contributed by atoms with Crippen LogP contribution in [0.15, 0.2) is 47.4 Å². The third-order valence-corrected chi connectivity index (χ3v) is 8.52. The lowest BCUT2D eigenvalue weighted by atomic mass is 10.1. The van der Waals surface area contributed by atoms with E-state index in [1.165, 1.54) is 17.0 Å². The van der Waals surface area contributed by atoms with Crippen LogP contribution in [0.4, 0.5) is 0 Å². The Kier molecular flexibility index (Phi) is 9.61. The van der Waals surface area contributed by atoms with Crippen molar-refractivity contribution in [3.8, 4) is 0 Å². The van der Waals surface area contributed by atoms with Crippen molar-refractivity contribution in [1.82, 2.24) is 14.5 Å².